The lowest BCUT2D eigenvalue weighted by atomic mass is 10.2. The van der Waals surface area contributed by atoms with E-state index in [2.05, 4.69) is 4.98 Å². The fraction of sp³-hybridized carbons (Fsp3) is 0. The van der Waals surface area contributed by atoms with E-state index >= 15 is 0 Å². The first-order valence-corrected chi connectivity index (χ1v) is 3.86. The van der Waals surface area contributed by atoms with Gasteiger partial charge in [0.1, 0.15) is 6.07 Å². The highest BCUT2D eigenvalue weighted by atomic mass is 14.7. The molecular weight excluding hydrogens is 162 g/mol. The van der Waals surface area contributed by atoms with Crippen LogP contribution in [-0.4, -0.2) is 4.98 Å². The lowest BCUT2D eigenvalue weighted by molar-refractivity contribution is 1.33. The first-order chi connectivity index (χ1) is 6.31. The number of pyridine rings is 1. The monoisotopic (exact) mass is 169 g/mol. The van der Waals surface area contributed by atoms with E-state index in [1.54, 1.807) is 6.07 Å². The number of nitrogens with two attached hydrogens (primary N) is 1. The minimum Gasteiger partial charge on any atom is -0.396 e. The molecule has 0 atom stereocenters. The predicted octanol–water partition coefficient (Wildman–Crippen LogP) is 1.69. The van der Waals surface area contributed by atoms with Crippen molar-refractivity contribution in [3.05, 3.63) is 36.0 Å². The number of nitriles is 1. The molecule has 3 nitrogen and oxygen atoms in total. The van der Waals surface area contributed by atoms with Gasteiger partial charge in [0.05, 0.1) is 11.2 Å². The molecule has 1 heterocycles. The van der Waals surface area contributed by atoms with Crippen molar-refractivity contribution in [1.29, 1.82) is 5.26 Å². The van der Waals surface area contributed by atoms with Crippen LogP contribution < -0.4 is 5.73 Å². The highest BCUT2D eigenvalue weighted by molar-refractivity contribution is 5.82. The zero-order chi connectivity index (χ0) is 9.26. The van der Waals surface area contributed by atoms with Crippen molar-refractivity contribution in [1.82, 2.24) is 4.98 Å². The number of hydrogen-bond acceptors (Lipinski definition) is 3. The van der Waals surface area contributed by atoms with E-state index in [4.69, 9.17) is 11.0 Å². The maximum atomic E-state index is 8.69. The van der Waals surface area contributed by atoms with Crippen molar-refractivity contribution >= 4 is 16.6 Å². The van der Waals surface area contributed by atoms with E-state index in [1.165, 1.54) is 0 Å². The summed E-state index contributed by atoms with van der Waals surface area (Å²) in [6.45, 7) is 0. The normalized spacial score (nSPS) is 9.77. The molecule has 0 spiro atoms. The second-order valence-corrected chi connectivity index (χ2v) is 2.73. The summed E-state index contributed by atoms with van der Waals surface area (Å²) >= 11 is 0. The SMILES string of the molecule is N#Cc1nc2ccccc2cc1N. The van der Waals surface area contributed by atoms with E-state index in [9.17, 15) is 0 Å². The van der Waals surface area contributed by atoms with Gasteiger partial charge in [0.25, 0.3) is 0 Å². The van der Waals surface area contributed by atoms with Gasteiger partial charge < -0.3 is 5.73 Å². The third-order valence-electron chi connectivity index (χ3n) is 1.86. The molecule has 0 bridgehead atoms. The van der Waals surface area contributed by atoms with E-state index in [-0.39, 0.29) is 0 Å². The number of rotatable bonds is 0. The molecule has 0 saturated heterocycles. The average molecular weight is 169 g/mol. The Morgan fingerprint density at radius 2 is 2.08 bits per heavy atom. The fourth-order valence-corrected chi connectivity index (χ4v) is 1.22. The smallest absolute Gasteiger partial charge is 0.164 e. The summed E-state index contributed by atoms with van der Waals surface area (Å²) in [5.41, 5.74) is 7.13. The van der Waals surface area contributed by atoms with Crippen LogP contribution in [0.4, 0.5) is 5.69 Å². The van der Waals surface area contributed by atoms with Crippen molar-refractivity contribution in [2.24, 2.45) is 0 Å². The Kier molecular flexibility index (Phi) is 1.60. The molecule has 0 amide bonds. The highest BCUT2D eigenvalue weighted by Gasteiger charge is 2.01. The molecule has 0 radical (unpaired) electrons. The molecule has 0 aliphatic carbocycles. The number of fused-ring (bicyclic) bond motifs is 1. The second kappa shape index (κ2) is 2.76. The molecule has 62 valence electrons. The van der Waals surface area contributed by atoms with Gasteiger partial charge in [0.2, 0.25) is 0 Å². The van der Waals surface area contributed by atoms with Gasteiger partial charge in [-0.2, -0.15) is 5.26 Å². The third kappa shape index (κ3) is 1.18. The van der Waals surface area contributed by atoms with E-state index in [0.29, 0.717) is 11.4 Å². The fourth-order valence-electron chi connectivity index (χ4n) is 1.22. The third-order valence-corrected chi connectivity index (χ3v) is 1.86. The summed E-state index contributed by atoms with van der Waals surface area (Å²) in [6.07, 6.45) is 0. The number of benzene rings is 1. The number of para-hydroxylation sites is 1. The molecule has 0 aliphatic rings. The first-order valence-electron chi connectivity index (χ1n) is 3.86. The van der Waals surface area contributed by atoms with Crippen LogP contribution in [0.2, 0.25) is 0 Å². The molecule has 1 aromatic heterocycles. The molecule has 0 unspecified atom stereocenters. The van der Waals surface area contributed by atoms with Crippen molar-refractivity contribution in [3.63, 3.8) is 0 Å². The first kappa shape index (κ1) is 7.56. The van der Waals surface area contributed by atoms with Crippen LogP contribution in [0.25, 0.3) is 10.9 Å². The molecule has 2 aromatic rings. The Bertz CT molecular complexity index is 497. The summed E-state index contributed by atoms with van der Waals surface area (Å²) in [4.78, 5) is 4.11. The lowest BCUT2D eigenvalue weighted by Crippen LogP contribution is -1.93. The zero-order valence-corrected chi connectivity index (χ0v) is 6.86. The van der Waals surface area contributed by atoms with Crippen LogP contribution in [0.1, 0.15) is 5.69 Å². The van der Waals surface area contributed by atoms with Gasteiger partial charge >= 0.3 is 0 Å². The Morgan fingerprint density at radius 3 is 2.85 bits per heavy atom. The molecular formula is C10H7N3. The minimum absolute atomic E-state index is 0.290. The molecule has 2 N–H and O–H groups in total. The summed E-state index contributed by atoms with van der Waals surface area (Å²) in [5.74, 6) is 0. The highest BCUT2D eigenvalue weighted by Crippen LogP contribution is 2.17. The molecule has 0 saturated carbocycles. The van der Waals surface area contributed by atoms with Crippen LogP contribution in [-0.2, 0) is 0 Å². The van der Waals surface area contributed by atoms with Gasteiger partial charge in [0.15, 0.2) is 5.69 Å². The molecule has 1 aromatic carbocycles. The maximum absolute atomic E-state index is 8.69. The van der Waals surface area contributed by atoms with Crippen LogP contribution in [0, 0.1) is 11.3 Å². The average Bonchev–Trinajstić information content (AvgIpc) is 2.17. The molecule has 13 heavy (non-hydrogen) atoms. The summed E-state index contributed by atoms with van der Waals surface area (Å²) in [7, 11) is 0. The molecule has 3 heteroatoms. The van der Waals surface area contributed by atoms with Gasteiger partial charge in [-0.25, -0.2) is 4.98 Å². The van der Waals surface area contributed by atoms with E-state index in [0.717, 1.165) is 10.9 Å². The summed E-state index contributed by atoms with van der Waals surface area (Å²) in [5, 5.41) is 9.64. The standard InChI is InChI=1S/C10H7N3/c11-6-10-8(12)5-7-3-1-2-4-9(7)13-10/h1-5H,12H2. The van der Waals surface area contributed by atoms with Gasteiger partial charge in [-0.05, 0) is 12.1 Å². The van der Waals surface area contributed by atoms with Crippen LogP contribution >= 0.6 is 0 Å². The van der Waals surface area contributed by atoms with Gasteiger partial charge in [0, 0.05) is 5.39 Å². The zero-order valence-electron chi connectivity index (χ0n) is 6.86. The van der Waals surface area contributed by atoms with Crippen molar-refractivity contribution in [2.45, 2.75) is 0 Å². The van der Waals surface area contributed by atoms with E-state index in [1.807, 2.05) is 30.3 Å². The topological polar surface area (TPSA) is 62.7 Å². The Hall–Kier alpha value is -2.08. The number of nitrogens with zero attached hydrogens (tertiary/aromatic N) is 2. The van der Waals surface area contributed by atoms with Crippen molar-refractivity contribution in [2.75, 3.05) is 5.73 Å². The Labute approximate surface area is 75.4 Å². The summed E-state index contributed by atoms with van der Waals surface area (Å²) in [6, 6.07) is 11.3. The summed E-state index contributed by atoms with van der Waals surface area (Å²) < 4.78 is 0. The van der Waals surface area contributed by atoms with E-state index < -0.39 is 0 Å². The van der Waals surface area contributed by atoms with Crippen LogP contribution in [0.5, 0.6) is 0 Å². The van der Waals surface area contributed by atoms with Crippen LogP contribution in [0.15, 0.2) is 30.3 Å². The van der Waals surface area contributed by atoms with Gasteiger partial charge in [-0.3, -0.25) is 0 Å². The lowest BCUT2D eigenvalue weighted by Gasteiger charge is -1.99. The van der Waals surface area contributed by atoms with Gasteiger partial charge in [-0.1, -0.05) is 18.2 Å². The minimum atomic E-state index is 0.290. The number of anilines is 1. The predicted molar refractivity (Wildman–Crippen MR) is 50.9 cm³/mol. The molecule has 2 rings (SSSR count). The second-order valence-electron chi connectivity index (χ2n) is 2.73. The maximum Gasteiger partial charge on any atom is 0.164 e. The Morgan fingerprint density at radius 1 is 1.31 bits per heavy atom. The molecule has 0 fully saturated rings. The molecule has 0 aliphatic heterocycles. The number of nitrogen functional groups attached to an aromatic ring is 1. The Balaban J connectivity index is 2.83. The van der Waals surface area contributed by atoms with Crippen molar-refractivity contribution in [3.8, 4) is 6.07 Å². The van der Waals surface area contributed by atoms with Gasteiger partial charge in [-0.15, -0.1) is 0 Å². The quantitative estimate of drug-likeness (QED) is 0.652. The number of aromatic nitrogens is 1. The van der Waals surface area contributed by atoms with Crippen molar-refractivity contribution < 1.29 is 0 Å². The largest absolute Gasteiger partial charge is 0.396 e. The number of hydrogen-bond donors (Lipinski definition) is 1. The van der Waals surface area contributed by atoms with Crippen LogP contribution in [0.3, 0.4) is 0 Å².